The molecule has 0 aromatic heterocycles. The number of hydrogen-bond acceptors (Lipinski definition) is 5. The Balaban J connectivity index is 1.61. The summed E-state index contributed by atoms with van der Waals surface area (Å²) in [5, 5.41) is 9.77. The minimum absolute atomic E-state index is 0.146. The van der Waals surface area contributed by atoms with Crippen LogP contribution in [0.15, 0.2) is 72.8 Å². The molecule has 1 atom stereocenters. The summed E-state index contributed by atoms with van der Waals surface area (Å²) in [5.41, 5.74) is -1.98. The van der Waals surface area contributed by atoms with Crippen LogP contribution in [-0.2, 0) is 27.1 Å². The molecule has 216 valence electrons. The molecule has 0 saturated carbocycles. The van der Waals surface area contributed by atoms with Gasteiger partial charge in [0.1, 0.15) is 29.9 Å². The molecule has 1 saturated heterocycles. The largest absolute Gasteiger partial charge is 0.488 e. The second-order valence-corrected chi connectivity index (χ2v) is 10.2. The van der Waals surface area contributed by atoms with Crippen molar-refractivity contribution < 1.29 is 42.1 Å². The first-order valence-electron chi connectivity index (χ1n) is 12.7. The monoisotopic (exact) mass is 570 g/mol. The molecule has 2 amide bonds. The molecule has 11 heteroatoms. The van der Waals surface area contributed by atoms with Crippen LogP contribution in [0, 0.1) is 0 Å². The van der Waals surface area contributed by atoms with Crippen molar-refractivity contribution in [1.82, 2.24) is 4.90 Å². The van der Waals surface area contributed by atoms with E-state index in [9.17, 15) is 32.7 Å². The van der Waals surface area contributed by atoms with Gasteiger partial charge in [-0.1, -0.05) is 54.6 Å². The van der Waals surface area contributed by atoms with Crippen LogP contribution in [-0.4, -0.2) is 52.7 Å². The molecule has 3 aromatic carbocycles. The van der Waals surface area contributed by atoms with Gasteiger partial charge in [0.15, 0.2) is 0 Å². The molecule has 1 aliphatic heterocycles. The second-order valence-electron chi connectivity index (χ2n) is 10.2. The number of halogens is 3. The zero-order valence-electron chi connectivity index (χ0n) is 22.6. The minimum Gasteiger partial charge on any atom is -0.488 e. The van der Waals surface area contributed by atoms with E-state index in [0.29, 0.717) is 17.9 Å². The number of nitrogens with zero attached hydrogens (tertiary/aromatic N) is 2. The third-order valence-electron chi connectivity index (χ3n) is 6.93. The predicted octanol–water partition coefficient (Wildman–Crippen LogP) is 5.99. The molecule has 0 radical (unpaired) electrons. The van der Waals surface area contributed by atoms with Crippen molar-refractivity contribution in [3.8, 4) is 16.9 Å². The Bertz CT molecular complexity index is 1430. The second kappa shape index (κ2) is 11.2. The number of carboxylic acid groups (broad SMARTS) is 1. The highest BCUT2D eigenvalue weighted by Gasteiger charge is 2.57. The number of benzene rings is 3. The van der Waals surface area contributed by atoms with E-state index in [4.69, 9.17) is 9.47 Å². The van der Waals surface area contributed by atoms with Gasteiger partial charge >= 0.3 is 12.3 Å². The lowest BCUT2D eigenvalue weighted by Gasteiger charge is -2.39. The van der Waals surface area contributed by atoms with E-state index in [1.54, 1.807) is 12.1 Å². The van der Waals surface area contributed by atoms with E-state index in [1.165, 1.54) is 26.8 Å². The summed E-state index contributed by atoms with van der Waals surface area (Å²) in [6, 6.07) is 19.8. The van der Waals surface area contributed by atoms with E-state index < -0.39 is 47.3 Å². The maximum atomic E-state index is 14.1. The Morgan fingerprint density at radius 2 is 1.66 bits per heavy atom. The molecule has 41 heavy (non-hydrogen) atoms. The van der Waals surface area contributed by atoms with Gasteiger partial charge in [-0.15, -0.1) is 0 Å². The number of aldehydes is 1. The maximum Gasteiger partial charge on any atom is 0.420 e. The third kappa shape index (κ3) is 6.04. The van der Waals surface area contributed by atoms with Crippen LogP contribution < -0.4 is 9.64 Å². The van der Waals surface area contributed by atoms with Gasteiger partial charge in [0, 0.05) is 5.69 Å². The maximum absolute atomic E-state index is 14.1. The highest BCUT2D eigenvalue weighted by molar-refractivity contribution is 6.03. The first-order chi connectivity index (χ1) is 19.3. The Kier molecular flexibility index (Phi) is 8.12. The SMILES string of the molecule is CC1(C)OCC(C)(C(=O)N(CC=O)c2ccc(OCc3ccc(-c4ccccc4)cc3)c(C(F)(F)F)c2)N1C(=O)O. The Morgan fingerprint density at radius 3 is 2.24 bits per heavy atom. The average Bonchev–Trinajstić information content (AvgIpc) is 3.20. The molecule has 8 nitrogen and oxygen atoms in total. The summed E-state index contributed by atoms with van der Waals surface area (Å²) in [4.78, 5) is 38.7. The average molecular weight is 571 g/mol. The fraction of sp³-hybridized carbons (Fsp3) is 0.300. The molecule has 0 aliphatic carbocycles. The van der Waals surface area contributed by atoms with Gasteiger partial charge in [-0.2, -0.15) is 13.2 Å². The summed E-state index contributed by atoms with van der Waals surface area (Å²) in [5.74, 6) is -1.37. The molecule has 0 spiro atoms. The third-order valence-corrected chi connectivity index (χ3v) is 6.93. The van der Waals surface area contributed by atoms with Gasteiger partial charge in [0.05, 0.1) is 18.7 Å². The quantitative estimate of drug-likeness (QED) is 0.335. The van der Waals surface area contributed by atoms with E-state index in [2.05, 4.69) is 0 Å². The lowest BCUT2D eigenvalue weighted by Crippen LogP contribution is -2.62. The number of alkyl halides is 3. The first-order valence-corrected chi connectivity index (χ1v) is 12.7. The van der Waals surface area contributed by atoms with Crippen LogP contribution in [0.5, 0.6) is 5.75 Å². The van der Waals surface area contributed by atoms with E-state index in [0.717, 1.165) is 27.0 Å². The standard InChI is InChI=1S/C30H29F3N2O6/c1-28(2)35(27(38)39)29(3,19-41-28)26(37)34(15-16-36)23-13-14-25(24(17-23)30(31,32)33)40-18-20-9-11-22(12-10-20)21-7-5-4-6-8-21/h4-14,16-17H,15,18-19H2,1-3H3,(H,38,39). The lowest BCUT2D eigenvalue weighted by molar-refractivity contribution is -0.139. The number of ether oxygens (including phenoxy) is 2. The van der Waals surface area contributed by atoms with Crippen LogP contribution in [0.2, 0.25) is 0 Å². The fourth-order valence-corrected chi connectivity index (χ4v) is 4.93. The van der Waals surface area contributed by atoms with Crippen molar-refractivity contribution in [2.24, 2.45) is 0 Å². The number of anilines is 1. The summed E-state index contributed by atoms with van der Waals surface area (Å²) < 4.78 is 53.5. The topological polar surface area (TPSA) is 96.4 Å². The highest BCUT2D eigenvalue weighted by atomic mass is 19.4. The Hall–Kier alpha value is -4.38. The molecular formula is C30H29F3N2O6. The van der Waals surface area contributed by atoms with Gasteiger partial charge in [0.2, 0.25) is 0 Å². The van der Waals surface area contributed by atoms with Crippen molar-refractivity contribution in [3.63, 3.8) is 0 Å². The number of rotatable bonds is 8. The molecule has 1 aliphatic rings. The van der Waals surface area contributed by atoms with Crippen LogP contribution in [0.4, 0.5) is 23.7 Å². The molecule has 0 bridgehead atoms. The zero-order chi connectivity index (χ0) is 30.0. The first kappa shape index (κ1) is 29.6. The molecule has 3 aromatic rings. The normalized spacial score (nSPS) is 18.1. The predicted molar refractivity (Wildman–Crippen MR) is 144 cm³/mol. The number of hydrogen-bond donors (Lipinski definition) is 1. The minimum atomic E-state index is -4.85. The highest BCUT2D eigenvalue weighted by Crippen LogP contribution is 2.41. The summed E-state index contributed by atoms with van der Waals surface area (Å²) in [7, 11) is 0. The van der Waals surface area contributed by atoms with Crippen molar-refractivity contribution >= 4 is 24.0 Å². The number of carbonyl (C=O) groups is 3. The summed E-state index contributed by atoms with van der Waals surface area (Å²) in [6.07, 6.45) is -5.95. The van der Waals surface area contributed by atoms with E-state index in [-0.39, 0.29) is 18.9 Å². The Labute approximate surface area is 234 Å². The smallest absolute Gasteiger partial charge is 0.420 e. The van der Waals surface area contributed by atoms with Gasteiger partial charge < -0.3 is 24.3 Å². The fourth-order valence-electron chi connectivity index (χ4n) is 4.93. The molecule has 1 unspecified atom stereocenters. The number of carbonyl (C=O) groups excluding carboxylic acids is 2. The lowest BCUT2D eigenvalue weighted by atomic mass is 9.98. The number of amides is 2. The Morgan fingerprint density at radius 1 is 1.02 bits per heavy atom. The molecule has 1 heterocycles. The van der Waals surface area contributed by atoms with Crippen LogP contribution >= 0.6 is 0 Å². The van der Waals surface area contributed by atoms with Crippen molar-refractivity contribution in [1.29, 1.82) is 0 Å². The van der Waals surface area contributed by atoms with E-state index in [1.807, 2.05) is 42.5 Å². The molecule has 1 fully saturated rings. The zero-order valence-corrected chi connectivity index (χ0v) is 22.6. The van der Waals surface area contributed by atoms with Crippen molar-refractivity contribution in [3.05, 3.63) is 83.9 Å². The summed E-state index contributed by atoms with van der Waals surface area (Å²) >= 11 is 0. The van der Waals surface area contributed by atoms with Gasteiger partial charge in [-0.25, -0.2) is 4.79 Å². The molecule has 4 rings (SSSR count). The van der Waals surface area contributed by atoms with Crippen LogP contribution in [0.25, 0.3) is 11.1 Å². The van der Waals surface area contributed by atoms with E-state index >= 15 is 0 Å². The van der Waals surface area contributed by atoms with Crippen LogP contribution in [0.3, 0.4) is 0 Å². The van der Waals surface area contributed by atoms with Gasteiger partial charge in [-0.05, 0) is 55.7 Å². The molecular weight excluding hydrogens is 541 g/mol. The van der Waals surface area contributed by atoms with Gasteiger partial charge in [0.25, 0.3) is 5.91 Å². The summed E-state index contributed by atoms with van der Waals surface area (Å²) in [6.45, 7) is 3.11. The molecule has 1 N–H and O–H groups in total. The van der Waals surface area contributed by atoms with Crippen molar-refractivity contribution in [2.45, 2.75) is 44.8 Å². The van der Waals surface area contributed by atoms with Gasteiger partial charge in [-0.3, -0.25) is 9.69 Å². The van der Waals surface area contributed by atoms with Crippen LogP contribution in [0.1, 0.15) is 31.9 Å². The van der Waals surface area contributed by atoms with Crippen molar-refractivity contribution in [2.75, 3.05) is 18.1 Å².